The molecule has 0 spiro atoms. The summed E-state index contributed by atoms with van der Waals surface area (Å²) < 4.78 is 5.30. The van der Waals surface area contributed by atoms with Crippen LogP contribution in [0.5, 0.6) is 0 Å². The molecule has 1 aliphatic carbocycles. The molecule has 0 aromatic carbocycles. The van der Waals surface area contributed by atoms with Crippen molar-refractivity contribution in [3.63, 3.8) is 0 Å². The third-order valence-electron chi connectivity index (χ3n) is 3.38. The van der Waals surface area contributed by atoms with Crippen molar-refractivity contribution < 1.29 is 9.52 Å². The first-order valence-electron chi connectivity index (χ1n) is 6.22. The molecule has 0 bridgehead atoms. The lowest BCUT2D eigenvalue weighted by atomic mass is 10.1. The van der Waals surface area contributed by atoms with E-state index in [9.17, 15) is 5.11 Å². The molecular formula is C13H21NO2. The normalized spacial score (nSPS) is 27.1. The number of hydrogen-bond acceptors (Lipinski definition) is 3. The summed E-state index contributed by atoms with van der Waals surface area (Å²) in [6.45, 7) is 2.17. The lowest BCUT2D eigenvalue weighted by molar-refractivity contribution is 0.143. The number of aliphatic hydroxyl groups excluding tert-OH is 1. The smallest absolute Gasteiger partial charge is 0.103 e. The van der Waals surface area contributed by atoms with Gasteiger partial charge in [-0.05, 0) is 44.7 Å². The van der Waals surface area contributed by atoms with Crippen LogP contribution in [0, 0.1) is 0 Å². The molecule has 1 aliphatic rings. The molecular weight excluding hydrogens is 202 g/mol. The standard InChI is InChI=1S/C13H21NO2/c1-10(7-8-11-4-3-9-16-11)14-12-5-2-6-13(12)15/h3-4,9-10,12-15H,2,5-8H2,1H3/t10?,12-,13-/m0/s1. The maximum atomic E-state index is 9.71. The van der Waals surface area contributed by atoms with Crippen molar-refractivity contribution in [1.29, 1.82) is 0 Å². The first-order chi connectivity index (χ1) is 7.75. The van der Waals surface area contributed by atoms with Gasteiger partial charge < -0.3 is 14.8 Å². The van der Waals surface area contributed by atoms with Crippen LogP contribution < -0.4 is 5.32 Å². The van der Waals surface area contributed by atoms with Crippen LogP contribution in [0.3, 0.4) is 0 Å². The SMILES string of the molecule is CC(CCc1ccco1)N[C@H]1CCC[C@@H]1O. The van der Waals surface area contributed by atoms with Gasteiger partial charge >= 0.3 is 0 Å². The molecule has 3 nitrogen and oxygen atoms in total. The monoisotopic (exact) mass is 223 g/mol. The summed E-state index contributed by atoms with van der Waals surface area (Å²) in [5, 5.41) is 13.2. The summed E-state index contributed by atoms with van der Waals surface area (Å²) in [6, 6.07) is 4.67. The Balaban J connectivity index is 1.70. The maximum Gasteiger partial charge on any atom is 0.103 e. The van der Waals surface area contributed by atoms with Gasteiger partial charge in [0.25, 0.3) is 0 Å². The number of aryl methyl sites for hydroxylation is 1. The van der Waals surface area contributed by atoms with E-state index in [1.165, 1.54) is 0 Å². The molecule has 0 saturated heterocycles. The van der Waals surface area contributed by atoms with Crippen LogP contribution in [0.15, 0.2) is 22.8 Å². The minimum atomic E-state index is -0.147. The number of aliphatic hydroxyl groups is 1. The fraction of sp³-hybridized carbons (Fsp3) is 0.692. The Morgan fingerprint density at radius 3 is 3.06 bits per heavy atom. The van der Waals surface area contributed by atoms with E-state index < -0.39 is 0 Å². The first kappa shape index (κ1) is 11.7. The zero-order chi connectivity index (χ0) is 11.4. The summed E-state index contributed by atoms with van der Waals surface area (Å²) >= 11 is 0. The molecule has 3 atom stereocenters. The second kappa shape index (κ2) is 5.51. The van der Waals surface area contributed by atoms with E-state index in [1.807, 2.05) is 12.1 Å². The predicted octanol–water partition coefficient (Wildman–Crippen LogP) is 2.10. The summed E-state index contributed by atoms with van der Waals surface area (Å²) in [6.07, 6.45) is 6.78. The molecule has 0 aliphatic heterocycles. The van der Waals surface area contributed by atoms with Crippen molar-refractivity contribution in [3.05, 3.63) is 24.2 Å². The highest BCUT2D eigenvalue weighted by Crippen LogP contribution is 2.19. The molecule has 2 N–H and O–H groups in total. The van der Waals surface area contributed by atoms with Gasteiger partial charge in [0.05, 0.1) is 12.4 Å². The lowest BCUT2D eigenvalue weighted by Crippen LogP contribution is -2.41. The molecule has 0 radical (unpaired) electrons. The van der Waals surface area contributed by atoms with Gasteiger partial charge in [0.15, 0.2) is 0 Å². The van der Waals surface area contributed by atoms with Gasteiger partial charge in [-0.25, -0.2) is 0 Å². The Bertz CT molecular complexity index is 297. The Labute approximate surface area is 96.8 Å². The number of rotatable bonds is 5. The topological polar surface area (TPSA) is 45.4 Å². The van der Waals surface area contributed by atoms with Crippen LogP contribution in [0.2, 0.25) is 0 Å². The number of nitrogens with one attached hydrogen (secondary N) is 1. The molecule has 1 unspecified atom stereocenters. The fourth-order valence-electron chi connectivity index (χ4n) is 2.40. The van der Waals surface area contributed by atoms with Gasteiger partial charge in [-0.1, -0.05) is 0 Å². The van der Waals surface area contributed by atoms with Crippen molar-refractivity contribution in [2.45, 2.75) is 57.2 Å². The van der Waals surface area contributed by atoms with E-state index in [1.54, 1.807) is 6.26 Å². The number of furan rings is 1. The Morgan fingerprint density at radius 1 is 1.56 bits per heavy atom. The molecule has 16 heavy (non-hydrogen) atoms. The maximum absolute atomic E-state index is 9.71. The van der Waals surface area contributed by atoms with E-state index in [2.05, 4.69) is 12.2 Å². The van der Waals surface area contributed by atoms with Crippen molar-refractivity contribution >= 4 is 0 Å². The second-order valence-electron chi connectivity index (χ2n) is 4.79. The summed E-state index contributed by atoms with van der Waals surface area (Å²) in [5.74, 6) is 1.04. The Kier molecular flexibility index (Phi) is 4.02. The van der Waals surface area contributed by atoms with Crippen molar-refractivity contribution in [3.8, 4) is 0 Å². The quantitative estimate of drug-likeness (QED) is 0.803. The molecule has 3 heteroatoms. The third kappa shape index (κ3) is 3.09. The van der Waals surface area contributed by atoms with Crippen LogP contribution in [0.4, 0.5) is 0 Å². The van der Waals surface area contributed by atoms with E-state index in [0.717, 1.165) is 37.9 Å². The average molecular weight is 223 g/mol. The highest BCUT2D eigenvalue weighted by atomic mass is 16.3. The van der Waals surface area contributed by atoms with Gasteiger partial charge in [-0.3, -0.25) is 0 Å². The summed E-state index contributed by atoms with van der Waals surface area (Å²) in [7, 11) is 0. The molecule has 1 fully saturated rings. The average Bonchev–Trinajstić information content (AvgIpc) is 2.88. The minimum absolute atomic E-state index is 0.147. The first-order valence-corrected chi connectivity index (χ1v) is 6.22. The molecule has 1 heterocycles. The van der Waals surface area contributed by atoms with E-state index in [-0.39, 0.29) is 6.10 Å². The Hall–Kier alpha value is -0.800. The third-order valence-corrected chi connectivity index (χ3v) is 3.38. The zero-order valence-corrected chi connectivity index (χ0v) is 9.86. The van der Waals surface area contributed by atoms with Gasteiger partial charge in [0.2, 0.25) is 0 Å². The molecule has 1 aromatic heterocycles. The highest BCUT2D eigenvalue weighted by Gasteiger charge is 2.25. The second-order valence-corrected chi connectivity index (χ2v) is 4.79. The van der Waals surface area contributed by atoms with Crippen molar-refractivity contribution in [2.75, 3.05) is 0 Å². The molecule has 2 rings (SSSR count). The van der Waals surface area contributed by atoms with E-state index in [0.29, 0.717) is 12.1 Å². The van der Waals surface area contributed by atoms with E-state index in [4.69, 9.17) is 4.42 Å². The largest absolute Gasteiger partial charge is 0.469 e. The van der Waals surface area contributed by atoms with Crippen molar-refractivity contribution in [2.24, 2.45) is 0 Å². The van der Waals surface area contributed by atoms with Crippen LogP contribution in [-0.4, -0.2) is 23.3 Å². The predicted molar refractivity (Wildman–Crippen MR) is 63.3 cm³/mol. The van der Waals surface area contributed by atoms with Crippen molar-refractivity contribution in [1.82, 2.24) is 5.32 Å². The molecule has 0 amide bonds. The van der Waals surface area contributed by atoms with Gasteiger partial charge in [0, 0.05) is 18.5 Å². The summed E-state index contributed by atoms with van der Waals surface area (Å²) in [5.41, 5.74) is 0. The van der Waals surface area contributed by atoms with Gasteiger partial charge in [0.1, 0.15) is 5.76 Å². The molecule has 1 aromatic rings. The van der Waals surface area contributed by atoms with Crippen LogP contribution >= 0.6 is 0 Å². The molecule has 90 valence electrons. The van der Waals surface area contributed by atoms with Crippen LogP contribution in [-0.2, 0) is 6.42 Å². The molecule has 1 saturated carbocycles. The highest BCUT2D eigenvalue weighted by molar-refractivity contribution is 4.98. The zero-order valence-electron chi connectivity index (χ0n) is 9.86. The van der Waals surface area contributed by atoms with Gasteiger partial charge in [-0.15, -0.1) is 0 Å². The summed E-state index contributed by atoms with van der Waals surface area (Å²) in [4.78, 5) is 0. The number of hydrogen-bond donors (Lipinski definition) is 2. The van der Waals surface area contributed by atoms with Crippen LogP contribution in [0.1, 0.15) is 38.4 Å². The minimum Gasteiger partial charge on any atom is -0.469 e. The van der Waals surface area contributed by atoms with E-state index >= 15 is 0 Å². The Morgan fingerprint density at radius 2 is 2.44 bits per heavy atom. The lowest BCUT2D eigenvalue weighted by Gasteiger charge is -2.21. The van der Waals surface area contributed by atoms with Crippen LogP contribution in [0.25, 0.3) is 0 Å². The fourth-order valence-corrected chi connectivity index (χ4v) is 2.40. The van der Waals surface area contributed by atoms with Gasteiger partial charge in [-0.2, -0.15) is 0 Å².